The SMILES string of the molecule is CC1CC(C)(CN2CCC(N)CC2)C[C@]2(C)C[C@@](C)(C1)C2. The molecule has 2 N–H and O–H groups in total. The van der Waals surface area contributed by atoms with Crippen LogP contribution >= 0.6 is 0 Å². The summed E-state index contributed by atoms with van der Waals surface area (Å²) in [5.41, 5.74) is 7.86. The highest BCUT2D eigenvalue weighted by molar-refractivity contribution is 5.04. The topological polar surface area (TPSA) is 29.3 Å². The van der Waals surface area contributed by atoms with Gasteiger partial charge in [0.25, 0.3) is 0 Å². The Labute approximate surface area is 131 Å². The zero-order valence-corrected chi connectivity index (χ0v) is 14.8. The number of hydrogen-bond donors (Lipinski definition) is 1. The van der Waals surface area contributed by atoms with Crippen molar-refractivity contribution >= 4 is 0 Å². The molecular weight excluding hydrogens is 256 g/mol. The van der Waals surface area contributed by atoms with Gasteiger partial charge >= 0.3 is 0 Å². The maximum atomic E-state index is 6.07. The van der Waals surface area contributed by atoms with Gasteiger partial charge in [-0.25, -0.2) is 0 Å². The second kappa shape index (κ2) is 5.23. The van der Waals surface area contributed by atoms with E-state index in [1.807, 2.05) is 0 Å². The van der Waals surface area contributed by atoms with E-state index in [4.69, 9.17) is 5.73 Å². The zero-order valence-electron chi connectivity index (χ0n) is 14.8. The predicted molar refractivity (Wildman–Crippen MR) is 90.2 cm³/mol. The molecule has 0 aromatic carbocycles. The third kappa shape index (κ3) is 3.47. The van der Waals surface area contributed by atoms with Crippen LogP contribution in [0.15, 0.2) is 0 Å². The molecule has 4 fully saturated rings. The van der Waals surface area contributed by atoms with Gasteiger partial charge in [-0.2, -0.15) is 0 Å². The van der Waals surface area contributed by atoms with Gasteiger partial charge in [0, 0.05) is 12.6 Å². The van der Waals surface area contributed by atoms with Crippen molar-refractivity contribution in [2.75, 3.05) is 19.6 Å². The maximum absolute atomic E-state index is 6.07. The molecule has 21 heavy (non-hydrogen) atoms. The van der Waals surface area contributed by atoms with E-state index in [-0.39, 0.29) is 0 Å². The van der Waals surface area contributed by atoms with Crippen LogP contribution in [0.25, 0.3) is 0 Å². The summed E-state index contributed by atoms with van der Waals surface area (Å²) in [7, 11) is 0. The molecule has 0 aromatic rings. The number of nitrogens with two attached hydrogens (primary N) is 1. The molecule has 4 rings (SSSR count). The van der Waals surface area contributed by atoms with Crippen molar-refractivity contribution in [3.63, 3.8) is 0 Å². The summed E-state index contributed by atoms with van der Waals surface area (Å²) in [6, 6.07) is 0.454. The molecule has 0 spiro atoms. The van der Waals surface area contributed by atoms with Gasteiger partial charge < -0.3 is 10.6 Å². The first-order valence-electron chi connectivity index (χ1n) is 9.17. The zero-order chi connectivity index (χ0) is 15.3. The summed E-state index contributed by atoms with van der Waals surface area (Å²) >= 11 is 0. The van der Waals surface area contributed by atoms with E-state index < -0.39 is 0 Å². The molecule has 1 aliphatic heterocycles. The number of likely N-dealkylation sites (tertiary alicyclic amines) is 1. The van der Waals surface area contributed by atoms with Crippen molar-refractivity contribution in [2.24, 2.45) is 27.9 Å². The van der Waals surface area contributed by atoms with Gasteiger partial charge in [0.15, 0.2) is 0 Å². The highest BCUT2D eigenvalue weighted by Crippen LogP contribution is 2.64. The van der Waals surface area contributed by atoms with Crippen LogP contribution in [0.5, 0.6) is 0 Å². The fourth-order valence-electron chi connectivity index (χ4n) is 6.91. The molecule has 2 heteroatoms. The third-order valence-corrected chi connectivity index (χ3v) is 6.48. The van der Waals surface area contributed by atoms with Gasteiger partial charge in [-0.05, 0) is 80.2 Å². The number of rotatable bonds is 2. The van der Waals surface area contributed by atoms with Crippen LogP contribution in [0.3, 0.4) is 0 Å². The highest BCUT2D eigenvalue weighted by Gasteiger charge is 2.53. The molecular formula is C19H36N2. The van der Waals surface area contributed by atoms with Gasteiger partial charge in [-0.1, -0.05) is 27.7 Å². The van der Waals surface area contributed by atoms with Crippen LogP contribution in [-0.4, -0.2) is 30.6 Å². The van der Waals surface area contributed by atoms with Crippen LogP contribution in [0.2, 0.25) is 0 Å². The number of hydrogen-bond acceptors (Lipinski definition) is 2. The molecule has 122 valence electrons. The Balaban J connectivity index is 1.67. The van der Waals surface area contributed by atoms with Crippen molar-refractivity contribution in [1.29, 1.82) is 0 Å². The molecule has 2 nitrogen and oxygen atoms in total. The van der Waals surface area contributed by atoms with Crippen LogP contribution in [0, 0.1) is 22.2 Å². The summed E-state index contributed by atoms with van der Waals surface area (Å²) in [5, 5.41) is 0. The van der Waals surface area contributed by atoms with Crippen molar-refractivity contribution in [2.45, 2.75) is 78.7 Å². The molecule has 3 aliphatic carbocycles. The van der Waals surface area contributed by atoms with E-state index >= 15 is 0 Å². The van der Waals surface area contributed by atoms with Crippen LogP contribution in [0.1, 0.15) is 72.6 Å². The summed E-state index contributed by atoms with van der Waals surface area (Å²) < 4.78 is 0. The predicted octanol–water partition coefficient (Wildman–Crippen LogP) is 4.04. The first-order chi connectivity index (χ1) is 9.69. The molecule has 0 radical (unpaired) electrons. The lowest BCUT2D eigenvalue weighted by molar-refractivity contribution is -0.0932. The largest absolute Gasteiger partial charge is 0.328 e. The first kappa shape index (κ1) is 15.8. The third-order valence-electron chi connectivity index (χ3n) is 6.48. The first-order valence-corrected chi connectivity index (χ1v) is 9.17. The van der Waals surface area contributed by atoms with E-state index in [0.29, 0.717) is 22.3 Å². The molecule has 1 saturated heterocycles. The Kier molecular flexibility index (Phi) is 3.94. The fourth-order valence-corrected chi connectivity index (χ4v) is 6.91. The molecule has 3 saturated carbocycles. The maximum Gasteiger partial charge on any atom is 0.00631 e. The van der Waals surface area contributed by atoms with Crippen molar-refractivity contribution in [1.82, 2.24) is 4.90 Å². The lowest BCUT2D eigenvalue weighted by atomic mass is 9.46. The molecule has 0 aromatic heterocycles. The summed E-state index contributed by atoms with van der Waals surface area (Å²) in [6.45, 7) is 13.9. The lowest BCUT2D eigenvalue weighted by Crippen LogP contribution is -2.52. The molecule has 0 amide bonds. The second-order valence-electron chi connectivity index (χ2n) is 10.1. The fraction of sp³-hybridized carbons (Fsp3) is 1.00. The smallest absolute Gasteiger partial charge is 0.00631 e. The Morgan fingerprint density at radius 1 is 0.952 bits per heavy atom. The Morgan fingerprint density at radius 2 is 1.57 bits per heavy atom. The number of piperidine rings is 1. The van der Waals surface area contributed by atoms with E-state index in [1.165, 1.54) is 64.6 Å². The van der Waals surface area contributed by atoms with Crippen molar-refractivity contribution in [3.8, 4) is 0 Å². The minimum absolute atomic E-state index is 0.454. The van der Waals surface area contributed by atoms with E-state index in [0.717, 1.165) is 5.92 Å². The molecule has 2 atom stereocenters. The standard InChI is InChI=1S/C19H36N2/c1-15-9-17(2)11-19(4,12-17)13-18(3,10-15)14-21-7-5-16(20)6-8-21/h15-16H,5-14,20H2,1-4H3/t15?,17-,18?,19-. The van der Waals surface area contributed by atoms with Gasteiger partial charge in [-0.3, -0.25) is 0 Å². The minimum atomic E-state index is 0.454. The number of nitrogens with zero attached hydrogens (tertiary/aromatic N) is 1. The van der Waals surface area contributed by atoms with Crippen molar-refractivity contribution in [3.05, 3.63) is 0 Å². The monoisotopic (exact) mass is 292 g/mol. The van der Waals surface area contributed by atoms with Gasteiger partial charge in [0.05, 0.1) is 0 Å². The van der Waals surface area contributed by atoms with Crippen LogP contribution < -0.4 is 5.73 Å². The Hall–Kier alpha value is -0.0800. The van der Waals surface area contributed by atoms with Gasteiger partial charge in [0.2, 0.25) is 0 Å². The van der Waals surface area contributed by atoms with E-state index in [1.54, 1.807) is 0 Å². The summed E-state index contributed by atoms with van der Waals surface area (Å²) in [6.07, 6.45) is 9.61. The van der Waals surface area contributed by atoms with E-state index in [2.05, 4.69) is 32.6 Å². The molecule has 2 unspecified atom stereocenters. The highest BCUT2D eigenvalue weighted by atomic mass is 15.1. The number of fused-ring (bicyclic) bond motifs is 4. The van der Waals surface area contributed by atoms with Gasteiger partial charge in [0.1, 0.15) is 0 Å². The summed E-state index contributed by atoms with van der Waals surface area (Å²) in [5.74, 6) is 0.886. The lowest BCUT2D eigenvalue weighted by Gasteiger charge is -2.60. The average molecular weight is 293 g/mol. The van der Waals surface area contributed by atoms with E-state index in [9.17, 15) is 0 Å². The quantitative estimate of drug-likeness (QED) is 0.832. The summed E-state index contributed by atoms with van der Waals surface area (Å²) in [4.78, 5) is 2.71. The average Bonchev–Trinajstić information content (AvgIpc) is 2.27. The molecule has 4 aliphatic rings. The second-order valence-corrected chi connectivity index (χ2v) is 10.1. The van der Waals surface area contributed by atoms with Crippen LogP contribution in [0.4, 0.5) is 0 Å². The molecule has 2 bridgehead atoms. The minimum Gasteiger partial charge on any atom is -0.328 e. The molecule has 1 heterocycles. The van der Waals surface area contributed by atoms with Crippen LogP contribution in [-0.2, 0) is 0 Å². The van der Waals surface area contributed by atoms with Crippen molar-refractivity contribution < 1.29 is 0 Å². The van der Waals surface area contributed by atoms with Gasteiger partial charge in [-0.15, -0.1) is 0 Å². The Morgan fingerprint density at radius 3 is 2.19 bits per heavy atom. The normalized spacial score (nSPS) is 49.3. The Bertz CT molecular complexity index is 372.